The molecule has 0 unspecified atom stereocenters. The van der Waals surface area contributed by atoms with E-state index in [9.17, 15) is 0 Å². The minimum absolute atomic E-state index is 1.12. The molecule has 1 saturated heterocycles. The molecule has 3 N–H and O–H groups in total. The van der Waals surface area contributed by atoms with Crippen molar-refractivity contribution in [3.8, 4) is 0 Å². The SMILES string of the molecule is [NH3+]c1ccc(N2CCCC2)c2ccccc12. The Labute approximate surface area is 95.7 Å². The smallest absolute Gasteiger partial charge is 0.135 e. The van der Waals surface area contributed by atoms with Gasteiger partial charge in [0.15, 0.2) is 0 Å². The van der Waals surface area contributed by atoms with Crippen molar-refractivity contribution in [2.75, 3.05) is 18.0 Å². The Morgan fingerprint density at radius 3 is 2.31 bits per heavy atom. The zero-order valence-corrected chi connectivity index (χ0v) is 9.45. The van der Waals surface area contributed by atoms with Crippen LogP contribution in [-0.4, -0.2) is 13.1 Å². The summed E-state index contributed by atoms with van der Waals surface area (Å²) in [6.07, 6.45) is 2.64. The van der Waals surface area contributed by atoms with E-state index < -0.39 is 0 Å². The Kier molecular flexibility index (Phi) is 2.29. The third kappa shape index (κ3) is 1.46. The van der Waals surface area contributed by atoms with Gasteiger partial charge in [-0.05, 0) is 25.0 Å². The van der Waals surface area contributed by atoms with Crippen molar-refractivity contribution in [1.82, 2.24) is 0 Å². The highest BCUT2D eigenvalue weighted by atomic mass is 15.1. The maximum Gasteiger partial charge on any atom is 0.135 e. The molecule has 1 aliphatic heterocycles. The molecule has 2 nitrogen and oxygen atoms in total. The van der Waals surface area contributed by atoms with Gasteiger partial charge in [-0.3, -0.25) is 0 Å². The van der Waals surface area contributed by atoms with Crippen LogP contribution in [0.2, 0.25) is 0 Å². The van der Waals surface area contributed by atoms with Gasteiger partial charge in [0.1, 0.15) is 5.69 Å². The molecule has 2 heteroatoms. The lowest BCUT2D eigenvalue weighted by atomic mass is 10.1. The second-order valence-corrected chi connectivity index (χ2v) is 4.48. The summed E-state index contributed by atoms with van der Waals surface area (Å²) in [7, 11) is 0. The van der Waals surface area contributed by atoms with Crippen molar-refractivity contribution in [2.45, 2.75) is 12.8 Å². The molecule has 16 heavy (non-hydrogen) atoms. The molecule has 1 aliphatic rings. The quantitative estimate of drug-likeness (QED) is 0.774. The molecule has 82 valence electrons. The zero-order chi connectivity index (χ0) is 11.0. The molecule has 2 aromatic rings. The fourth-order valence-electron chi connectivity index (χ4n) is 2.58. The van der Waals surface area contributed by atoms with Crippen LogP contribution < -0.4 is 10.6 Å². The molecule has 0 saturated carbocycles. The van der Waals surface area contributed by atoms with Crippen molar-refractivity contribution in [3.63, 3.8) is 0 Å². The number of quaternary nitrogens is 1. The Bertz CT molecular complexity index is 513. The summed E-state index contributed by atoms with van der Waals surface area (Å²) in [6.45, 7) is 2.39. The van der Waals surface area contributed by atoms with Crippen molar-refractivity contribution in [3.05, 3.63) is 36.4 Å². The molecule has 0 bridgehead atoms. The summed E-state index contributed by atoms with van der Waals surface area (Å²) in [5.41, 5.74) is 6.60. The minimum Gasteiger partial charge on any atom is -0.371 e. The van der Waals surface area contributed by atoms with E-state index in [1.807, 2.05) is 0 Å². The number of fused-ring (bicyclic) bond motifs is 1. The molecule has 1 fully saturated rings. The second kappa shape index (κ2) is 3.80. The molecule has 2 aromatic carbocycles. The number of hydrogen-bond acceptors (Lipinski definition) is 1. The first kappa shape index (κ1) is 9.67. The normalized spacial score (nSPS) is 15.9. The van der Waals surface area contributed by atoms with Gasteiger partial charge in [-0.15, -0.1) is 0 Å². The average Bonchev–Trinajstić information content (AvgIpc) is 2.83. The van der Waals surface area contributed by atoms with E-state index in [4.69, 9.17) is 0 Å². The summed E-state index contributed by atoms with van der Waals surface area (Å²) >= 11 is 0. The van der Waals surface area contributed by atoms with E-state index in [-0.39, 0.29) is 0 Å². The van der Waals surface area contributed by atoms with E-state index in [2.05, 4.69) is 47.0 Å². The predicted octanol–water partition coefficient (Wildman–Crippen LogP) is 2.31. The third-order valence-corrected chi connectivity index (χ3v) is 3.44. The molecule has 3 rings (SSSR count). The monoisotopic (exact) mass is 213 g/mol. The molecule has 1 heterocycles. The topological polar surface area (TPSA) is 30.9 Å². The van der Waals surface area contributed by atoms with Gasteiger partial charge >= 0.3 is 0 Å². The Morgan fingerprint density at radius 2 is 1.56 bits per heavy atom. The van der Waals surface area contributed by atoms with Gasteiger partial charge < -0.3 is 10.6 Å². The Morgan fingerprint density at radius 1 is 0.875 bits per heavy atom. The van der Waals surface area contributed by atoms with Crippen molar-refractivity contribution < 1.29 is 5.73 Å². The molecular weight excluding hydrogens is 196 g/mol. The standard InChI is InChI=1S/C14H16N2/c15-13-7-8-14(16-9-3-4-10-16)12-6-2-1-5-11(12)13/h1-2,5-8H,3-4,9-10,15H2/p+1. The molecule has 0 radical (unpaired) electrons. The van der Waals surface area contributed by atoms with Crippen molar-refractivity contribution in [2.24, 2.45) is 0 Å². The lowest BCUT2D eigenvalue weighted by molar-refractivity contribution is -0.252. The van der Waals surface area contributed by atoms with E-state index in [0.29, 0.717) is 0 Å². The van der Waals surface area contributed by atoms with Gasteiger partial charge in [-0.2, -0.15) is 0 Å². The van der Waals surface area contributed by atoms with Crippen LogP contribution in [0.4, 0.5) is 11.4 Å². The average molecular weight is 213 g/mol. The van der Waals surface area contributed by atoms with Gasteiger partial charge in [0.05, 0.1) is 0 Å². The van der Waals surface area contributed by atoms with Crippen molar-refractivity contribution >= 4 is 22.1 Å². The number of benzene rings is 2. The summed E-state index contributed by atoms with van der Waals surface area (Å²) < 4.78 is 0. The first-order valence-electron chi connectivity index (χ1n) is 5.95. The van der Waals surface area contributed by atoms with Crippen LogP contribution in [0.5, 0.6) is 0 Å². The molecule has 0 aliphatic carbocycles. The second-order valence-electron chi connectivity index (χ2n) is 4.48. The lowest BCUT2D eigenvalue weighted by Crippen LogP contribution is -2.40. The molecular formula is C14H17N2+. The van der Waals surface area contributed by atoms with Gasteiger partial charge in [0.2, 0.25) is 0 Å². The number of rotatable bonds is 1. The fourth-order valence-corrected chi connectivity index (χ4v) is 2.58. The maximum absolute atomic E-state index is 4.10. The number of anilines is 1. The minimum atomic E-state index is 1.12. The van der Waals surface area contributed by atoms with Gasteiger partial charge in [-0.1, -0.05) is 18.2 Å². The van der Waals surface area contributed by atoms with Crippen LogP contribution in [0.25, 0.3) is 10.8 Å². The van der Waals surface area contributed by atoms with Crippen LogP contribution in [0.15, 0.2) is 36.4 Å². The summed E-state index contributed by atoms with van der Waals surface area (Å²) in [4.78, 5) is 2.49. The maximum atomic E-state index is 4.10. The molecule has 0 amide bonds. The molecule has 0 spiro atoms. The fraction of sp³-hybridized carbons (Fsp3) is 0.286. The first-order chi connectivity index (χ1) is 7.86. The largest absolute Gasteiger partial charge is 0.371 e. The van der Waals surface area contributed by atoms with Crippen LogP contribution in [0.1, 0.15) is 12.8 Å². The third-order valence-electron chi connectivity index (χ3n) is 3.44. The van der Waals surface area contributed by atoms with Crippen molar-refractivity contribution in [1.29, 1.82) is 0 Å². The predicted molar refractivity (Wildman–Crippen MR) is 67.9 cm³/mol. The van der Waals surface area contributed by atoms with E-state index in [1.165, 1.54) is 42.4 Å². The van der Waals surface area contributed by atoms with Gasteiger partial charge in [0.25, 0.3) is 0 Å². The number of hydrogen-bond donors (Lipinski definition) is 1. The summed E-state index contributed by atoms with van der Waals surface area (Å²) in [5, 5.41) is 2.63. The Balaban J connectivity index is 2.21. The zero-order valence-electron chi connectivity index (χ0n) is 9.45. The van der Waals surface area contributed by atoms with Crippen LogP contribution in [0.3, 0.4) is 0 Å². The van der Waals surface area contributed by atoms with Crippen LogP contribution in [0, 0.1) is 0 Å². The first-order valence-corrected chi connectivity index (χ1v) is 5.95. The highest BCUT2D eigenvalue weighted by molar-refractivity contribution is 5.99. The van der Waals surface area contributed by atoms with Gasteiger partial charge in [0, 0.05) is 35.6 Å². The van der Waals surface area contributed by atoms with E-state index in [1.54, 1.807) is 0 Å². The Hall–Kier alpha value is -1.54. The lowest BCUT2D eigenvalue weighted by Gasteiger charge is -2.19. The van der Waals surface area contributed by atoms with E-state index >= 15 is 0 Å². The summed E-state index contributed by atoms with van der Waals surface area (Å²) in [5.74, 6) is 0. The van der Waals surface area contributed by atoms with E-state index in [0.717, 1.165) is 5.69 Å². The van der Waals surface area contributed by atoms with Crippen LogP contribution >= 0.6 is 0 Å². The van der Waals surface area contributed by atoms with Crippen LogP contribution in [-0.2, 0) is 0 Å². The molecule has 0 aromatic heterocycles. The van der Waals surface area contributed by atoms with Gasteiger partial charge in [-0.25, -0.2) is 0 Å². The number of nitrogens with zero attached hydrogens (tertiary/aromatic N) is 1. The molecule has 0 atom stereocenters. The summed E-state index contributed by atoms with van der Waals surface area (Å²) in [6, 6.07) is 12.9. The highest BCUT2D eigenvalue weighted by Crippen LogP contribution is 2.31. The highest BCUT2D eigenvalue weighted by Gasteiger charge is 2.15.